The SMILES string of the molecule is CN(Cc1ccccc1)C(=O)c1ccc(NCCN2CCOCC2)cn1. The van der Waals surface area contributed by atoms with Crippen molar-refractivity contribution in [3.05, 3.63) is 59.9 Å². The van der Waals surface area contributed by atoms with Crippen LogP contribution >= 0.6 is 0 Å². The molecule has 1 aliphatic rings. The number of carbonyl (C=O) groups is 1. The summed E-state index contributed by atoms with van der Waals surface area (Å²) in [5.41, 5.74) is 2.49. The van der Waals surface area contributed by atoms with Crippen LogP contribution < -0.4 is 5.32 Å². The molecule has 0 atom stereocenters. The predicted molar refractivity (Wildman–Crippen MR) is 102 cm³/mol. The first-order valence-corrected chi connectivity index (χ1v) is 9.02. The molecule has 6 heteroatoms. The first-order chi connectivity index (χ1) is 12.7. The molecule has 1 amide bonds. The Hall–Kier alpha value is -2.44. The number of nitrogens with one attached hydrogen (secondary N) is 1. The molecule has 0 unspecified atom stereocenters. The van der Waals surface area contributed by atoms with Crippen molar-refractivity contribution in [2.45, 2.75) is 6.54 Å². The summed E-state index contributed by atoms with van der Waals surface area (Å²) < 4.78 is 5.35. The van der Waals surface area contributed by atoms with Crippen molar-refractivity contribution in [3.8, 4) is 0 Å². The number of pyridine rings is 1. The quantitative estimate of drug-likeness (QED) is 0.825. The molecular weight excluding hydrogens is 328 g/mol. The van der Waals surface area contributed by atoms with E-state index in [2.05, 4.69) is 15.2 Å². The summed E-state index contributed by atoms with van der Waals surface area (Å²) in [7, 11) is 1.80. The van der Waals surface area contributed by atoms with E-state index in [1.54, 1.807) is 24.2 Å². The monoisotopic (exact) mass is 354 g/mol. The Balaban J connectivity index is 1.47. The lowest BCUT2D eigenvalue weighted by molar-refractivity contribution is 0.0398. The van der Waals surface area contributed by atoms with Crippen molar-refractivity contribution in [2.75, 3.05) is 51.8 Å². The largest absolute Gasteiger partial charge is 0.383 e. The number of amides is 1. The van der Waals surface area contributed by atoms with E-state index in [-0.39, 0.29) is 5.91 Å². The van der Waals surface area contributed by atoms with E-state index in [0.717, 1.165) is 50.6 Å². The minimum absolute atomic E-state index is 0.0753. The van der Waals surface area contributed by atoms with Gasteiger partial charge >= 0.3 is 0 Å². The third kappa shape index (κ3) is 5.28. The van der Waals surface area contributed by atoms with Crippen molar-refractivity contribution in [1.82, 2.24) is 14.8 Å². The molecular formula is C20H26N4O2. The highest BCUT2D eigenvalue weighted by atomic mass is 16.5. The molecule has 26 heavy (non-hydrogen) atoms. The Morgan fingerprint density at radius 3 is 2.65 bits per heavy atom. The van der Waals surface area contributed by atoms with Crippen LogP contribution in [-0.4, -0.2) is 67.1 Å². The van der Waals surface area contributed by atoms with Gasteiger partial charge in [-0.3, -0.25) is 9.69 Å². The average Bonchev–Trinajstić information content (AvgIpc) is 2.69. The fraction of sp³-hybridized carbons (Fsp3) is 0.400. The van der Waals surface area contributed by atoms with Crippen LogP contribution in [-0.2, 0) is 11.3 Å². The summed E-state index contributed by atoms with van der Waals surface area (Å²) in [4.78, 5) is 20.9. The van der Waals surface area contributed by atoms with Gasteiger partial charge in [-0.15, -0.1) is 0 Å². The van der Waals surface area contributed by atoms with E-state index < -0.39 is 0 Å². The van der Waals surface area contributed by atoms with Crippen molar-refractivity contribution in [3.63, 3.8) is 0 Å². The lowest BCUT2D eigenvalue weighted by Crippen LogP contribution is -2.39. The van der Waals surface area contributed by atoms with Gasteiger partial charge in [0.2, 0.25) is 0 Å². The molecule has 1 aromatic heterocycles. The van der Waals surface area contributed by atoms with Gasteiger partial charge in [-0.1, -0.05) is 30.3 Å². The highest BCUT2D eigenvalue weighted by Gasteiger charge is 2.13. The van der Waals surface area contributed by atoms with Crippen LogP contribution in [0.4, 0.5) is 5.69 Å². The molecule has 0 bridgehead atoms. The highest BCUT2D eigenvalue weighted by molar-refractivity contribution is 5.92. The number of hydrogen-bond acceptors (Lipinski definition) is 5. The van der Waals surface area contributed by atoms with E-state index in [1.165, 1.54) is 0 Å². The minimum Gasteiger partial charge on any atom is -0.383 e. The fourth-order valence-corrected chi connectivity index (χ4v) is 2.93. The molecule has 1 aromatic carbocycles. The zero-order valence-corrected chi connectivity index (χ0v) is 15.2. The minimum atomic E-state index is -0.0753. The maximum absolute atomic E-state index is 12.5. The van der Waals surface area contributed by atoms with Crippen molar-refractivity contribution in [2.24, 2.45) is 0 Å². The summed E-state index contributed by atoms with van der Waals surface area (Å²) in [5.74, 6) is -0.0753. The molecule has 3 rings (SSSR count). The van der Waals surface area contributed by atoms with E-state index in [4.69, 9.17) is 4.74 Å². The van der Waals surface area contributed by atoms with Crippen LogP contribution in [0.2, 0.25) is 0 Å². The molecule has 0 spiro atoms. The first-order valence-electron chi connectivity index (χ1n) is 9.02. The van der Waals surface area contributed by atoms with Crippen LogP contribution in [0.25, 0.3) is 0 Å². The molecule has 6 nitrogen and oxygen atoms in total. The maximum atomic E-state index is 12.5. The molecule has 0 saturated carbocycles. The number of morpholine rings is 1. The molecule has 0 aliphatic carbocycles. The predicted octanol–water partition coefficient (Wildman–Crippen LogP) is 2.10. The summed E-state index contributed by atoms with van der Waals surface area (Å²) >= 11 is 0. The molecule has 1 saturated heterocycles. The lowest BCUT2D eigenvalue weighted by atomic mass is 10.2. The number of aromatic nitrogens is 1. The smallest absolute Gasteiger partial charge is 0.272 e. The Morgan fingerprint density at radius 2 is 1.96 bits per heavy atom. The summed E-state index contributed by atoms with van der Waals surface area (Å²) in [6, 6.07) is 13.6. The van der Waals surface area contributed by atoms with E-state index in [9.17, 15) is 4.79 Å². The van der Waals surface area contributed by atoms with Gasteiger partial charge in [0.25, 0.3) is 5.91 Å². The van der Waals surface area contributed by atoms with Crippen LogP contribution in [0.3, 0.4) is 0 Å². The second-order valence-electron chi connectivity index (χ2n) is 6.46. The summed E-state index contributed by atoms with van der Waals surface area (Å²) in [6.45, 7) is 6.00. The zero-order chi connectivity index (χ0) is 18.2. The van der Waals surface area contributed by atoms with Crippen LogP contribution in [0.5, 0.6) is 0 Å². The normalized spacial score (nSPS) is 14.8. The fourth-order valence-electron chi connectivity index (χ4n) is 2.93. The highest BCUT2D eigenvalue weighted by Crippen LogP contribution is 2.10. The molecule has 1 aliphatic heterocycles. The number of nitrogens with zero attached hydrogens (tertiary/aromatic N) is 3. The number of ether oxygens (including phenoxy) is 1. The van der Waals surface area contributed by atoms with E-state index >= 15 is 0 Å². The average molecular weight is 354 g/mol. The zero-order valence-electron chi connectivity index (χ0n) is 15.2. The molecule has 1 N–H and O–H groups in total. The Bertz CT molecular complexity index is 685. The van der Waals surface area contributed by atoms with Gasteiger partial charge in [-0.2, -0.15) is 0 Å². The third-order valence-electron chi connectivity index (χ3n) is 4.45. The Kier molecular flexibility index (Phi) is 6.57. The lowest BCUT2D eigenvalue weighted by Gasteiger charge is -2.26. The van der Waals surface area contributed by atoms with E-state index in [1.807, 2.05) is 36.4 Å². The Labute approximate surface area is 154 Å². The number of carbonyl (C=O) groups excluding carboxylic acids is 1. The van der Waals surface area contributed by atoms with Crippen molar-refractivity contribution < 1.29 is 9.53 Å². The van der Waals surface area contributed by atoms with Crippen LogP contribution in [0.15, 0.2) is 48.7 Å². The van der Waals surface area contributed by atoms with Gasteiger partial charge in [0.15, 0.2) is 0 Å². The first kappa shape index (κ1) is 18.4. The van der Waals surface area contributed by atoms with Crippen molar-refractivity contribution >= 4 is 11.6 Å². The molecule has 2 aromatic rings. The second kappa shape index (κ2) is 9.31. The number of rotatable bonds is 7. The van der Waals surface area contributed by atoms with Gasteiger partial charge in [-0.25, -0.2) is 4.98 Å². The van der Waals surface area contributed by atoms with Gasteiger partial charge < -0.3 is 15.0 Å². The third-order valence-corrected chi connectivity index (χ3v) is 4.45. The number of benzene rings is 1. The van der Waals surface area contributed by atoms with Gasteiger partial charge in [0, 0.05) is 39.8 Å². The molecule has 2 heterocycles. The van der Waals surface area contributed by atoms with E-state index in [0.29, 0.717) is 12.2 Å². The second-order valence-corrected chi connectivity index (χ2v) is 6.46. The summed E-state index contributed by atoms with van der Waals surface area (Å²) in [5, 5.41) is 3.36. The topological polar surface area (TPSA) is 57.7 Å². The number of anilines is 1. The van der Waals surface area contributed by atoms with Gasteiger partial charge in [-0.05, 0) is 17.7 Å². The molecule has 138 valence electrons. The summed E-state index contributed by atoms with van der Waals surface area (Å²) in [6.07, 6.45) is 1.73. The van der Waals surface area contributed by atoms with Crippen LogP contribution in [0, 0.1) is 0 Å². The van der Waals surface area contributed by atoms with Crippen molar-refractivity contribution in [1.29, 1.82) is 0 Å². The molecule has 1 fully saturated rings. The van der Waals surface area contributed by atoms with Crippen LogP contribution in [0.1, 0.15) is 16.1 Å². The number of hydrogen-bond donors (Lipinski definition) is 1. The standard InChI is InChI=1S/C20H26N4O2/c1-23(16-17-5-3-2-4-6-17)20(25)19-8-7-18(15-22-19)21-9-10-24-11-13-26-14-12-24/h2-8,15,21H,9-14,16H2,1H3. The Morgan fingerprint density at radius 1 is 1.19 bits per heavy atom. The van der Waals surface area contributed by atoms with Gasteiger partial charge in [0.05, 0.1) is 25.1 Å². The molecule has 0 radical (unpaired) electrons. The van der Waals surface area contributed by atoms with Gasteiger partial charge in [0.1, 0.15) is 5.69 Å². The maximum Gasteiger partial charge on any atom is 0.272 e.